The first-order valence-electron chi connectivity index (χ1n) is 12.1. The summed E-state index contributed by atoms with van der Waals surface area (Å²) in [6.45, 7) is 4.58. The van der Waals surface area contributed by atoms with Gasteiger partial charge < -0.3 is 10.1 Å². The molecule has 3 aromatic rings. The Morgan fingerprint density at radius 1 is 0.947 bits per heavy atom. The number of thioether (sulfide) groups is 1. The van der Waals surface area contributed by atoms with Crippen LogP contribution < -0.4 is 15.0 Å². The molecule has 0 unspecified atom stereocenters. The molecule has 0 radical (unpaired) electrons. The summed E-state index contributed by atoms with van der Waals surface area (Å²) in [6.07, 6.45) is 0. The van der Waals surface area contributed by atoms with E-state index in [9.17, 15) is 14.4 Å². The monoisotopic (exact) mass is 543 g/mol. The highest BCUT2D eigenvalue weighted by Crippen LogP contribution is 2.44. The number of nitrogens with zero attached hydrogens (tertiary/aromatic N) is 2. The van der Waals surface area contributed by atoms with Gasteiger partial charge in [0, 0.05) is 11.3 Å². The van der Waals surface area contributed by atoms with Gasteiger partial charge in [0.2, 0.25) is 5.91 Å². The maximum absolute atomic E-state index is 13.7. The zero-order valence-corrected chi connectivity index (χ0v) is 22.5. The molecule has 1 saturated heterocycles. The van der Waals surface area contributed by atoms with Gasteiger partial charge in [0.15, 0.2) is 0 Å². The predicted octanol–water partition coefficient (Wildman–Crippen LogP) is 5.15. The average molecular weight is 544 g/mol. The molecule has 9 heteroatoms. The van der Waals surface area contributed by atoms with Crippen molar-refractivity contribution in [2.75, 3.05) is 23.4 Å². The molecule has 0 bridgehead atoms. The van der Waals surface area contributed by atoms with Gasteiger partial charge in [-0.3, -0.25) is 24.2 Å². The number of aryl methyl sites for hydroxylation is 1. The lowest BCUT2D eigenvalue weighted by molar-refractivity contribution is -0.122. The van der Waals surface area contributed by atoms with Crippen molar-refractivity contribution in [2.24, 2.45) is 0 Å². The molecule has 5 rings (SSSR count). The Hall–Kier alpha value is -3.95. The summed E-state index contributed by atoms with van der Waals surface area (Å²) in [5, 5.41) is 2.82. The summed E-state index contributed by atoms with van der Waals surface area (Å²) >= 11 is 6.65. The van der Waals surface area contributed by atoms with Crippen molar-refractivity contribution in [3.05, 3.63) is 94.4 Å². The number of rotatable bonds is 7. The lowest BCUT2D eigenvalue weighted by atomic mass is 10.1. The molecule has 0 spiro atoms. The Labute approximate surface area is 230 Å². The van der Waals surface area contributed by atoms with Crippen LogP contribution in [-0.2, 0) is 20.9 Å². The van der Waals surface area contributed by atoms with Crippen molar-refractivity contribution >= 4 is 63.0 Å². The number of carbonyl (C=O) groups excluding carboxylic acids is 3. The molecule has 0 aromatic heterocycles. The van der Waals surface area contributed by atoms with Crippen molar-refractivity contribution in [1.82, 2.24) is 4.90 Å². The van der Waals surface area contributed by atoms with Gasteiger partial charge in [-0.2, -0.15) is 0 Å². The molecule has 1 N–H and O–H groups in total. The Morgan fingerprint density at radius 2 is 1.66 bits per heavy atom. The van der Waals surface area contributed by atoms with Crippen LogP contribution in [0.4, 0.5) is 11.4 Å². The molecular weight excluding hydrogens is 518 g/mol. The van der Waals surface area contributed by atoms with Crippen molar-refractivity contribution in [2.45, 2.75) is 20.4 Å². The zero-order chi connectivity index (χ0) is 26.8. The summed E-state index contributed by atoms with van der Waals surface area (Å²) < 4.78 is 5.83. The number of amides is 3. The highest BCUT2D eigenvalue weighted by atomic mass is 32.2. The number of hydrogen-bond donors (Lipinski definition) is 1. The third-order valence-electron chi connectivity index (χ3n) is 6.21. The van der Waals surface area contributed by atoms with E-state index in [0.29, 0.717) is 40.2 Å². The SMILES string of the molecule is CCOc1ccc(NC(=O)CN2C(=O)C(=C3SC(=S)N(Cc4ccc(C)cc4)C3=O)c3ccccc32)cc1. The van der Waals surface area contributed by atoms with E-state index in [0.717, 1.165) is 22.9 Å². The Morgan fingerprint density at radius 3 is 2.37 bits per heavy atom. The fourth-order valence-corrected chi connectivity index (χ4v) is 5.69. The summed E-state index contributed by atoms with van der Waals surface area (Å²) in [6, 6.07) is 22.1. The van der Waals surface area contributed by atoms with Crippen LogP contribution in [0, 0.1) is 6.92 Å². The molecule has 2 heterocycles. The van der Waals surface area contributed by atoms with Crippen LogP contribution in [0.15, 0.2) is 77.7 Å². The van der Waals surface area contributed by atoms with Crippen LogP contribution in [0.2, 0.25) is 0 Å². The van der Waals surface area contributed by atoms with E-state index < -0.39 is 5.91 Å². The van der Waals surface area contributed by atoms with Crippen molar-refractivity contribution in [1.29, 1.82) is 0 Å². The maximum atomic E-state index is 13.7. The van der Waals surface area contributed by atoms with Crippen molar-refractivity contribution in [3.8, 4) is 5.75 Å². The van der Waals surface area contributed by atoms with E-state index in [1.54, 1.807) is 42.5 Å². The van der Waals surface area contributed by atoms with Crippen LogP contribution in [0.1, 0.15) is 23.6 Å². The van der Waals surface area contributed by atoms with E-state index in [4.69, 9.17) is 17.0 Å². The van der Waals surface area contributed by atoms with Crippen LogP contribution in [-0.4, -0.2) is 40.1 Å². The van der Waals surface area contributed by atoms with Gasteiger partial charge in [-0.25, -0.2) is 0 Å². The highest BCUT2D eigenvalue weighted by Gasteiger charge is 2.42. The minimum atomic E-state index is -0.399. The molecular formula is C29H25N3O4S2. The van der Waals surface area contributed by atoms with E-state index in [1.807, 2.05) is 44.2 Å². The molecule has 0 aliphatic carbocycles. The summed E-state index contributed by atoms with van der Waals surface area (Å²) in [7, 11) is 0. The van der Waals surface area contributed by atoms with E-state index >= 15 is 0 Å². The quantitative estimate of drug-likeness (QED) is 0.328. The topological polar surface area (TPSA) is 79.0 Å². The van der Waals surface area contributed by atoms with Gasteiger partial charge in [-0.1, -0.05) is 72.0 Å². The molecule has 3 aromatic carbocycles. The summed E-state index contributed by atoms with van der Waals surface area (Å²) in [5.74, 6) is -0.354. The first kappa shape index (κ1) is 25.7. The second-order valence-corrected chi connectivity index (χ2v) is 10.5. The fourth-order valence-electron chi connectivity index (χ4n) is 4.36. The molecule has 0 atom stereocenters. The molecule has 0 saturated carbocycles. The van der Waals surface area contributed by atoms with Crippen LogP contribution >= 0.6 is 24.0 Å². The average Bonchev–Trinajstić information content (AvgIpc) is 3.33. The lowest BCUT2D eigenvalue weighted by Gasteiger charge is -2.17. The normalized spacial score (nSPS) is 16.7. The lowest BCUT2D eigenvalue weighted by Crippen LogP contribution is -2.35. The van der Waals surface area contributed by atoms with Crippen LogP contribution in [0.3, 0.4) is 0 Å². The second kappa shape index (κ2) is 10.8. The maximum Gasteiger partial charge on any atom is 0.267 e. The Bertz CT molecular complexity index is 1470. The number of ether oxygens (including phenoxy) is 1. The molecule has 192 valence electrons. The predicted molar refractivity (Wildman–Crippen MR) is 154 cm³/mol. The second-order valence-electron chi connectivity index (χ2n) is 8.86. The molecule has 3 amide bonds. The fraction of sp³-hybridized carbons (Fsp3) is 0.172. The van der Waals surface area contributed by atoms with E-state index in [1.165, 1.54) is 9.80 Å². The Kier molecular flexibility index (Phi) is 7.31. The number of anilines is 2. The number of fused-ring (bicyclic) bond motifs is 1. The smallest absolute Gasteiger partial charge is 0.267 e. The van der Waals surface area contributed by atoms with Gasteiger partial charge in [0.25, 0.3) is 11.8 Å². The standard InChI is InChI=1S/C29H25N3O4S2/c1-3-36-21-14-12-20(13-15-21)30-24(33)17-31-23-7-5-4-6-22(23)25(27(31)34)26-28(35)32(29(37)38-26)16-19-10-8-18(2)9-11-19/h4-15H,3,16-17H2,1-2H3,(H,30,33). The van der Waals surface area contributed by atoms with Gasteiger partial charge in [-0.15, -0.1) is 0 Å². The van der Waals surface area contributed by atoms with Crippen molar-refractivity contribution in [3.63, 3.8) is 0 Å². The first-order valence-corrected chi connectivity index (χ1v) is 13.4. The Balaban J connectivity index is 1.38. The first-order chi connectivity index (χ1) is 18.4. The number of thiocarbonyl (C=S) groups is 1. The summed E-state index contributed by atoms with van der Waals surface area (Å²) in [5.41, 5.74) is 4.14. The number of para-hydroxylation sites is 1. The van der Waals surface area contributed by atoms with Gasteiger partial charge in [0.1, 0.15) is 16.6 Å². The van der Waals surface area contributed by atoms with Crippen LogP contribution in [0.25, 0.3) is 5.57 Å². The zero-order valence-electron chi connectivity index (χ0n) is 20.9. The van der Waals surface area contributed by atoms with Crippen molar-refractivity contribution < 1.29 is 19.1 Å². The van der Waals surface area contributed by atoms with Gasteiger partial charge >= 0.3 is 0 Å². The molecule has 7 nitrogen and oxygen atoms in total. The molecule has 2 aliphatic rings. The number of carbonyl (C=O) groups is 3. The third-order valence-corrected chi connectivity index (χ3v) is 7.66. The minimum Gasteiger partial charge on any atom is -0.494 e. The molecule has 1 fully saturated rings. The number of benzene rings is 3. The van der Waals surface area contributed by atoms with Gasteiger partial charge in [-0.05, 0) is 49.7 Å². The number of nitrogens with one attached hydrogen (secondary N) is 1. The van der Waals surface area contributed by atoms with E-state index in [-0.39, 0.29) is 28.8 Å². The van der Waals surface area contributed by atoms with E-state index in [2.05, 4.69) is 5.32 Å². The highest BCUT2D eigenvalue weighted by molar-refractivity contribution is 8.26. The molecule has 38 heavy (non-hydrogen) atoms. The molecule has 2 aliphatic heterocycles. The number of hydrogen-bond acceptors (Lipinski definition) is 6. The third kappa shape index (κ3) is 5.07. The van der Waals surface area contributed by atoms with Gasteiger partial charge in [0.05, 0.1) is 29.3 Å². The van der Waals surface area contributed by atoms with Crippen LogP contribution in [0.5, 0.6) is 5.75 Å². The largest absolute Gasteiger partial charge is 0.494 e. The minimum absolute atomic E-state index is 0.198. The summed E-state index contributed by atoms with van der Waals surface area (Å²) in [4.78, 5) is 43.2.